The van der Waals surface area contributed by atoms with E-state index in [2.05, 4.69) is 11.4 Å². The Morgan fingerprint density at radius 1 is 1.10 bits per heavy atom. The van der Waals surface area contributed by atoms with Gasteiger partial charge in [0.1, 0.15) is 0 Å². The van der Waals surface area contributed by atoms with E-state index >= 15 is 0 Å². The van der Waals surface area contributed by atoms with Gasteiger partial charge in [0.25, 0.3) is 0 Å². The van der Waals surface area contributed by atoms with Crippen LogP contribution in [-0.2, 0) is 9.53 Å². The third kappa shape index (κ3) is 6.63. The zero-order valence-corrected chi connectivity index (χ0v) is 16.4. The van der Waals surface area contributed by atoms with Crippen molar-refractivity contribution in [2.24, 2.45) is 0 Å². The molecule has 2 aromatic rings. The smallest absolute Gasteiger partial charge is 0.321 e. The SMILES string of the molecule is CCOC(=O)CCNC(=O)N(CCCO)c1ccc(-c2ccc(C#N)cc2)cc1. The number of anilines is 1. The molecule has 7 heteroatoms. The lowest BCUT2D eigenvalue weighted by Gasteiger charge is -2.23. The number of hydrogen-bond acceptors (Lipinski definition) is 5. The first-order valence-electron chi connectivity index (χ1n) is 9.51. The number of aliphatic hydroxyl groups is 1. The zero-order chi connectivity index (χ0) is 21.1. The van der Waals surface area contributed by atoms with Crippen molar-refractivity contribution in [3.63, 3.8) is 0 Å². The highest BCUT2D eigenvalue weighted by molar-refractivity contribution is 5.92. The van der Waals surface area contributed by atoms with Crippen molar-refractivity contribution in [2.75, 3.05) is 31.2 Å². The molecule has 2 amide bonds. The van der Waals surface area contributed by atoms with Crippen LogP contribution in [0.25, 0.3) is 11.1 Å². The van der Waals surface area contributed by atoms with Crippen LogP contribution in [0.2, 0.25) is 0 Å². The van der Waals surface area contributed by atoms with Gasteiger partial charge in [0.15, 0.2) is 0 Å². The topological polar surface area (TPSA) is 103 Å². The van der Waals surface area contributed by atoms with Gasteiger partial charge in [-0.1, -0.05) is 24.3 Å². The van der Waals surface area contributed by atoms with E-state index in [1.165, 1.54) is 4.90 Å². The maximum Gasteiger partial charge on any atom is 0.321 e. The molecule has 0 radical (unpaired) electrons. The predicted octanol–water partition coefficient (Wildman–Crippen LogP) is 3.08. The number of carbonyl (C=O) groups is 2. The number of rotatable bonds is 9. The van der Waals surface area contributed by atoms with E-state index in [0.29, 0.717) is 30.8 Å². The van der Waals surface area contributed by atoms with Crippen LogP contribution in [0.1, 0.15) is 25.3 Å². The first kappa shape index (κ1) is 21.9. The quantitative estimate of drug-likeness (QED) is 0.635. The standard InChI is InChI=1S/C22H25N3O4/c1-2-29-21(27)12-13-24-22(28)25(14-3-15-26)20-10-8-19(9-11-20)18-6-4-17(16-23)5-7-18/h4-11,26H,2-3,12-15H2,1H3,(H,24,28). The number of urea groups is 1. The largest absolute Gasteiger partial charge is 0.466 e. The van der Waals surface area contributed by atoms with Gasteiger partial charge in [-0.3, -0.25) is 9.69 Å². The number of nitriles is 1. The Hall–Kier alpha value is -3.37. The Bertz CT molecular complexity index is 842. The highest BCUT2D eigenvalue weighted by atomic mass is 16.5. The lowest BCUT2D eigenvalue weighted by Crippen LogP contribution is -2.41. The van der Waals surface area contributed by atoms with Gasteiger partial charge in [0, 0.05) is 25.4 Å². The molecular weight excluding hydrogens is 370 g/mol. The molecule has 0 saturated carbocycles. The van der Waals surface area contributed by atoms with E-state index in [-0.39, 0.29) is 31.6 Å². The molecule has 0 bridgehead atoms. The lowest BCUT2D eigenvalue weighted by atomic mass is 10.0. The van der Waals surface area contributed by atoms with E-state index in [1.54, 1.807) is 19.1 Å². The average Bonchev–Trinajstić information content (AvgIpc) is 2.75. The fourth-order valence-corrected chi connectivity index (χ4v) is 2.75. The summed E-state index contributed by atoms with van der Waals surface area (Å²) in [5.74, 6) is -0.360. The van der Waals surface area contributed by atoms with Gasteiger partial charge >= 0.3 is 12.0 Å². The van der Waals surface area contributed by atoms with Crippen LogP contribution in [0.4, 0.5) is 10.5 Å². The fraction of sp³-hybridized carbons (Fsp3) is 0.318. The second-order valence-corrected chi connectivity index (χ2v) is 6.25. The van der Waals surface area contributed by atoms with Crippen molar-refractivity contribution >= 4 is 17.7 Å². The summed E-state index contributed by atoms with van der Waals surface area (Å²) in [5, 5.41) is 20.8. The molecule has 152 valence electrons. The van der Waals surface area contributed by atoms with Crippen LogP contribution in [0.3, 0.4) is 0 Å². The number of benzene rings is 2. The molecule has 7 nitrogen and oxygen atoms in total. The lowest BCUT2D eigenvalue weighted by molar-refractivity contribution is -0.142. The summed E-state index contributed by atoms with van der Waals surface area (Å²) in [6.07, 6.45) is 0.535. The van der Waals surface area contributed by atoms with Crippen molar-refractivity contribution in [1.82, 2.24) is 5.32 Å². The molecule has 0 aromatic heterocycles. The van der Waals surface area contributed by atoms with Gasteiger partial charge in [-0.15, -0.1) is 0 Å². The van der Waals surface area contributed by atoms with Gasteiger partial charge < -0.3 is 15.2 Å². The Kier molecular flexibility index (Phi) is 8.67. The first-order chi connectivity index (χ1) is 14.1. The average molecular weight is 395 g/mol. The minimum atomic E-state index is -0.360. The molecule has 0 saturated heterocycles. The second-order valence-electron chi connectivity index (χ2n) is 6.25. The minimum Gasteiger partial charge on any atom is -0.466 e. The van der Waals surface area contributed by atoms with Gasteiger partial charge in [0.2, 0.25) is 0 Å². The molecule has 0 fully saturated rings. The number of nitrogens with zero attached hydrogens (tertiary/aromatic N) is 2. The summed E-state index contributed by atoms with van der Waals surface area (Å²) in [6, 6.07) is 16.5. The highest BCUT2D eigenvalue weighted by Gasteiger charge is 2.16. The van der Waals surface area contributed by atoms with Gasteiger partial charge in [0.05, 0.1) is 24.7 Å². The third-order valence-electron chi connectivity index (χ3n) is 4.22. The highest BCUT2D eigenvalue weighted by Crippen LogP contribution is 2.24. The molecular formula is C22H25N3O4. The monoisotopic (exact) mass is 395 g/mol. The summed E-state index contributed by atoms with van der Waals surface area (Å²) in [7, 11) is 0. The summed E-state index contributed by atoms with van der Waals surface area (Å²) < 4.78 is 4.85. The number of aliphatic hydroxyl groups excluding tert-OH is 1. The van der Waals surface area contributed by atoms with Crippen LogP contribution < -0.4 is 10.2 Å². The van der Waals surface area contributed by atoms with Crippen molar-refractivity contribution in [2.45, 2.75) is 19.8 Å². The maximum atomic E-state index is 12.6. The number of esters is 1. The van der Waals surface area contributed by atoms with E-state index in [0.717, 1.165) is 11.1 Å². The molecule has 0 atom stereocenters. The first-order valence-corrected chi connectivity index (χ1v) is 9.51. The second kappa shape index (κ2) is 11.5. The minimum absolute atomic E-state index is 0.0318. The van der Waals surface area contributed by atoms with Gasteiger partial charge in [-0.05, 0) is 48.7 Å². The summed E-state index contributed by atoms with van der Waals surface area (Å²) in [4.78, 5) is 25.5. The Labute approximate surface area is 170 Å². The molecule has 0 aliphatic heterocycles. The van der Waals surface area contributed by atoms with Crippen LogP contribution in [0.15, 0.2) is 48.5 Å². The number of hydrogen-bond donors (Lipinski definition) is 2. The van der Waals surface area contributed by atoms with Gasteiger partial charge in [-0.2, -0.15) is 5.26 Å². The van der Waals surface area contributed by atoms with Crippen LogP contribution in [0.5, 0.6) is 0 Å². The number of nitrogens with one attached hydrogen (secondary N) is 1. The van der Waals surface area contributed by atoms with Crippen molar-refractivity contribution in [3.05, 3.63) is 54.1 Å². The summed E-state index contributed by atoms with van der Waals surface area (Å²) >= 11 is 0. The fourth-order valence-electron chi connectivity index (χ4n) is 2.75. The van der Waals surface area contributed by atoms with Crippen molar-refractivity contribution in [3.8, 4) is 17.2 Å². The van der Waals surface area contributed by atoms with E-state index in [4.69, 9.17) is 15.1 Å². The normalized spacial score (nSPS) is 10.1. The third-order valence-corrected chi connectivity index (χ3v) is 4.22. The van der Waals surface area contributed by atoms with Crippen molar-refractivity contribution in [1.29, 1.82) is 5.26 Å². The molecule has 0 aliphatic carbocycles. The summed E-state index contributed by atoms with van der Waals surface area (Å²) in [6.45, 7) is 2.53. The molecule has 0 spiro atoms. The van der Waals surface area contributed by atoms with Crippen LogP contribution in [-0.4, -0.2) is 43.4 Å². The number of carbonyl (C=O) groups excluding carboxylic acids is 2. The zero-order valence-electron chi connectivity index (χ0n) is 16.4. The molecule has 0 unspecified atom stereocenters. The molecule has 0 aliphatic rings. The van der Waals surface area contributed by atoms with Crippen LogP contribution >= 0.6 is 0 Å². The van der Waals surface area contributed by atoms with E-state index < -0.39 is 0 Å². The molecule has 0 heterocycles. The molecule has 2 aromatic carbocycles. The van der Waals surface area contributed by atoms with E-state index in [9.17, 15) is 9.59 Å². The summed E-state index contributed by atoms with van der Waals surface area (Å²) in [5.41, 5.74) is 3.21. The Balaban J connectivity index is 2.07. The van der Waals surface area contributed by atoms with Crippen LogP contribution in [0, 0.1) is 11.3 Å². The maximum absolute atomic E-state index is 12.6. The van der Waals surface area contributed by atoms with Crippen molar-refractivity contribution < 1.29 is 19.4 Å². The van der Waals surface area contributed by atoms with E-state index in [1.807, 2.05) is 36.4 Å². The number of ether oxygens (including phenoxy) is 1. The molecule has 2 N–H and O–H groups in total. The Morgan fingerprint density at radius 3 is 2.28 bits per heavy atom. The molecule has 2 rings (SSSR count). The number of amides is 2. The molecule has 29 heavy (non-hydrogen) atoms. The van der Waals surface area contributed by atoms with Gasteiger partial charge in [-0.25, -0.2) is 4.79 Å². The Morgan fingerprint density at radius 2 is 1.72 bits per heavy atom. The predicted molar refractivity (Wildman–Crippen MR) is 110 cm³/mol.